The predicted octanol–water partition coefficient (Wildman–Crippen LogP) is 5.98. The maximum Gasteiger partial charge on any atom is 0.276 e. The van der Waals surface area contributed by atoms with Gasteiger partial charge < -0.3 is 29.4 Å². The number of aryl methyl sites for hydroxylation is 1. The number of pyridine rings is 3. The number of carbonyl (C=O) groups is 5. The number of amides is 5. The molecular weight excluding hydrogens is 901 g/mol. The van der Waals surface area contributed by atoms with Crippen LogP contribution in [0.25, 0.3) is 11.1 Å². The van der Waals surface area contributed by atoms with Gasteiger partial charge >= 0.3 is 0 Å². The summed E-state index contributed by atoms with van der Waals surface area (Å²) in [5.74, 6) is -0.0794. The minimum Gasteiger partial charge on any atom is -0.392 e. The number of nitrogens with zero attached hydrogens (tertiary/aromatic N) is 8. The molecule has 0 spiro atoms. The van der Waals surface area contributed by atoms with E-state index in [1.165, 1.54) is 15.8 Å². The molecule has 5 aromatic rings. The Bertz CT molecular complexity index is 3090. The number of anilines is 5. The van der Waals surface area contributed by atoms with Crippen LogP contribution in [0.5, 0.6) is 0 Å². The first-order valence-electron chi connectivity index (χ1n) is 25.1. The molecule has 0 radical (unpaired) electrons. The van der Waals surface area contributed by atoms with E-state index in [-0.39, 0.29) is 42.4 Å². The van der Waals surface area contributed by atoms with E-state index in [2.05, 4.69) is 50.8 Å². The van der Waals surface area contributed by atoms with Crippen molar-refractivity contribution in [1.82, 2.24) is 29.3 Å². The van der Waals surface area contributed by atoms with E-state index in [1.54, 1.807) is 48.6 Å². The molecule has 71 heavy (non-hydrogen) atoms. The summed E-state index contributed by atoms with van der Waals surface area (Å²) in [7, 11) is 1.69. The van der Waals surface area contributed by atoms with Crippen LogP contribution < -0.4 is 30.9 Å². The lowest BCUT2D eigenvalue weighted by molar-refractivity contribution is -0.136. The lowest BCUT2D eigenvalue weighted by atomic mass is 9.78. The van der Waals surface area contributed by atoms with Crippen molar-refractivity contribution in [2.45, 2.75) is 104 Å². The first kappa shape index (κ1) is 46.3. The number of imide groups is 2. The Morgan fingerprint density at radius 1 is 0.803 bits per heavy atom. The molecule has 6 aliphatic rings. The van der Waals surface area contributed by atoms with Crippen molar-refractivity contribution in [2.75, 3.05) is 46.2 Å². The third-order valence-corrected chi connectivity index (χ3v) is 16.1. The number of aliphatic hydroxyl groups excluding tert-OH is 1. The van der Waals surface area contributed by atoms with Gasteiger partial charge in [0.2, 0.25) is 11.8 Å². The van der Waals surface area contributed by atoms with Crippen molar-refractivity contribution in [3.63, 3.8) is 0 Å². The van der Waals surface area contributed by atoms with Crippen LogP contribution in [0.1, 0.15) is 114 Å². The Labute approximate surface area is 411 Å². The van der Waals surface area contributed by atoms with Gasteiger partial charge in [-0.05, 0) is 135 Å². The van der Waals surface area contributed by atoms with Crippen LogP contribution >= 0.6 is 0 Å². The molecule has 17 nitrogen and oxygen atoms in total. The molecule has 9 heterocycles. The summed E-state index contributed by atoms with van der Waals surface area (Å²) < 4.78 is 3.67. The van der Waals surface area contributed by atoms with Crippen LogP contribution in [0, 0.1) is 17.3 Å². The summed E-state index contributed by atoms with van der Waals surface area (Å²) in [6, 6.07) is 14.2. The molecule has 4 atom stereocenters. The summed E-state index contributed by atoms with van der Waals surface area (Å²) in [6.45, 7) is 10.1. The maximum absolute atomic E-state index is 14.0. The number of aliphatic hydroxyl groups is 1. The van der Waals surface area contributed by atoms with Crippen LogP contribution in [-0.2, 0) is 42.6 Å². The van der Waals surface area contributed by atoms with Gasteiger partial charge in [-0.25, -0.2) is 9.97 Å². The SMILES string of the molecule is C[C@H]1CC([C@H]2CCCN(c3ccc4c(c3)C(=O)N(C3CCC(=O)NC3=O)C4=O)CC2)CCN1c1ccc(Nc2cc(-c3ccnc(N4CCn5c(cc6c5CC(C)(C)C6)C4=O)c3CO)cn(C)c2=O)nc1. The monoisotopic (exact) mass is 960 g/mol. The van der Waals surface area contributed by atoms with Crippen molar-refractivity contribution >= 4 is 58.2 Å². The number of carbonyl (C=O) groups excluding carboxylic acids is 5. The highest BCUT2D eigenvalue weighted by molar-refractivity contribution is 6.23. The molecule has 4 aromatic heterocycles. The first-order valence-corrected chi connectivity index (χ1v) is 25.1. The van der Waals surface area contributed by atoms with Crippen LogP contribution in [0.3, 0.4) is 0 Å². The number of hydrogen-bond donors (Lipinski definition) is 3. The van der Waals surface area contributed by atoms with E-state index in [1.807, 2.05) is 30.5 Å². The lowest BCUT2D eigenvalue weighted by Gasteiger charge is -2.42. The van der Waals surface area contributed by atoms with Crippen molar-refractivity contribution in [3.05, 3.63) is 111 Å². The number of aromatic nitrogens is 4. The number of hydrogen-bond acceptors (Lipinski definition) is 12. The summed E-state index contributed by atoms with van der Waals surface area (Å²) in [5.41, 5.74) is 7.77. The zero-order chi connectivity index (χ0) is 49.5. The number of rotatable bonds is 9. The highest BCUT2D eigenvalue weighted by Gasteiger charge is 2.45. The smallest absolute Gasteiger partial charge is 0.276 e. The Morgan fingerprint density at radius 2 is 1.61 bits per heavy atom. The fourth-order valence-electron chi connectivity index (χ4n) is 12.5. The van der Waals surface area contributed by atoms with Gasteiger partial charge in [-0.15, -0.1) is 0 Å². The molecule has 5 aliphatic heterocycles. The van der Waals surface area contributed by atoms with E-state index in [0.717, 1.165) is 80.9 Å². The molecule has 368 valence electrons. The second-order valence-corrected chi connectivity index (χ2v) is 21.2. The van der Waals surface area contributed by atoms with Crippen LogP contribution in [0.2, 0.25) is 0 Å². The van der Waals surface area contributed by atoms with Crippen molar-refractivity contribution in [2.24, 2.45) is 24.3 Å². The van der Waals surface area contributed by atoms with Crippen molar-refractivity contribution in [3.8, 4) is 11.1 Å². The van der Waals surface area contributed by atoms with Gasteiger partial charge in [-0.3, -0.25) is 43.9 Å². The van der Waals surface area contributed by atoms with E-state index < -0.39 is 29.7 Å². The molecule has 0 bridgehead atoms. The molecule has 1 aliphatic carbocycles. The predicted molar refractivity (Wildman–Crippen MR) is 268 cm³/mol. The third-order valence-electron chi connectivity index (χ3n) is 16.1. The van der Waals surface area contributed by atoms with Gasteiger partial charge in [0.05, 0.1) is 29.6 Å². The van der Waals surface area contributed by atoms with E-state index >= 15 is 0 Å². The molecule has 2 unspecified atom stereocenters. The van der Waals surface area contributed by atoms with Crippen molar-refractivity contribution in [1.29, 1.82) is 0 Å². The van der Waals surface area contributed by atoms with Crippen LogP contribution in [0.4, 0.5) is 28.7 Å². The number of piperidine rings is 2. The third kappa shape index (κ3) is 8.26. The second kappa shape index (κ2) is 17.9. The number of fused-ring (bicyclic) bond motifs is 4. The normalized spacial score (nSPS) is 23.1. The standard InChI is InChI=1S/C54H60N10O7/c1-31-22-33(32-6-5-17-60(18-14-32)36-7-9-39-40(25-36)51(69)64(50(39)68)43-10-12-47(66)58-49(43)67)15-19-61(31)37-8-11-46(56-28-37)57-42-23-35(29-59(4)52(42)70)38-13-16-55-48(41(38)30-65)63-21-20-62-44(53(63)71)24-34-26-54(2,3)27-45(34)62/h7-9,11,13,16,23-25,28-29,31-33,43,65H,5-6,10,12,14-15,17-22,26-27,30H2,1-4H3,(H,56,57)(H,58,66,67)/t31-,32-,33?,43?/m0/s1. The van der Waals surface area contributed by atoms with Gasteiger partial charge in [0.1, 0.15) is 29.1 Å². The maximum atomic E-state index is 14.0. The highest BCUT2D eigenvalue weighted by atomic mass is 16.3. The molecule has 17 heteroatoms. The van der Waals surface area contributed by atoms with Gasteiger partial charge in [0.25, 0.3) is 23.3 Å². The molecule has 3 saturated heterocycles. The molecule has 3 N–H and O–H groups in total. The minimum absolute atomic E-state index is 0.0821. The summed E-state index contributed by atoms with van der Waals surface area (Å²) in [4.78, 5) is 95.5. The largest absolute Gasteiger partial charge is 0.392 e. The zero-order valence-electron chi connectivity index (χ0n) is 40.7. The van der Waals surface area contributed by atoms with Gasteiger partial charge in [-0.1, -0.05) is 13.8 Å². The Balaban J connectivity index is 0.725. The fourth-order valence-corrected chi connectivity index (χ4v) is 12.5. The first-order chi connectivity index (χ1) is 34.2. The lowest BCUT2D eigenvalue weighted by Crippen LogP contribution is -2.54. The molecule has 0 saturated carbocycles. The molecule has 1 aromatic carbocycles. The van der Waals surface area contributed by atoms with Crippen LogP contribution in [0.15, 0.2) is 71.9 Å². The van der Waals surface area contributed by atoms with Crippen LogP contribution in [-0.4, -0.2) is 96.9 Å². The van der Waals surface area contributed by atoms with Gasteiger partial charge in [0.15, 0.2) is 0 Å². The van der Waals surface area contributed by atoms with E-state index in [4.69, 9.17) is 4.98 Å². The van der Waals surface area contributed by atoms with E-state index in [0.29, 0.717) is 75.8 Å². The average Bonchev–Trinajstić information content (AvgIpc) is 3.83. The Hall–Kier alpha value is -7.14. The highest BCUT2D eigenvalue weighted by Crippen LogP contribution is 2.42. The van der Waals surface area contributed by atoms with Gasteiger partial charge in [0, 0.05) is 87.1 Å². The topological polar surface area (TPSA) is 195 Å². The summed E-state index contributed by atoms with van der Waals surface area (Å²) >= 11 is 0. The Morgan fingerprint density at radius 3 is 2.38 bits per heavy atom. The molecule has 3 fully saturated rings. The second-order valence-electron chi connectivity index (χ2n) is 21.2. The number of nitrogens with one attached hydrogen (secondary N) is 2. The fraction of sp³-hybridized carbons (Fsp3) is 0.444. The van der Waals surface area contributed by atoms with Gasteiger partial charge in [-0.2, -0.15) is 0 Å². The molecule has 5 amide bonds. The summed E-state index contributed by atoms with van der Waals surface area (Å²) in [5, 5.41) is 16.3. The quantitative estimate of drug-likeness (QED) is 0.147. The minimum atomic E-state index is -0.989. The molecule has 11 rings (SSSR count). The summed E-state index contributed by atoms with van der Waals surface area (Å²) in [6.07, 6.45) is 12.6. The zero-order valence-corrected chi connectivity index (χ0v) is 40.7. The molecular formula is C54H60N10O7. The van der Waals surface area contributed by atoms with E-state index in [9.17, 15) is 33.9 Å². The Kier molecular flexibility index (Phi) is 11.7. The average molecular weight is 961 g/mol. The number of benzene rings is 1. The van der Waals surface area contributed by atoms with Crippen molar-refractivity contribution < 1.29 is 29.1 Å².